The van der Waals surface area contributed by atoms with E-state index in [0.29, 0.717) is 34.5 Å². The molecule has 1 aliphatic carbocycles. The van der Waals surface area contributed by atoms with Crippen LogP contribution < -0.4 is 5.32 Å². The average molecular weight is 279 g/mol. The smallest absolute Gasteiger partial charge is 0.196 e. The minimum absolute atomic E-state index is 0.137. The second kappa shape index (κ2) is 5.25. The molecular formula is C17H13NO3. The molecule has 0 fully saturated rings. The highest BCUT2D eigenvalue weighted by Gasteiger charge is 2.30. The first-order valence-corrected chi connectivity index (χ1v) is 6.58. The Kier molecular flexibility index (Phi) is 3.28. The molecule has 0 atom stereocenters. The summed E-state index contributed by atoms with van der Waals surface area (Å²) < 4.78 is 0. The Balaban J connectivity index is 2.12. The van der Waals surface area contributed by atoms with Crippen molar-refractivity contribution in [2.45, 2.75) is 0 Å². The lowest BCUT2D eigenvalue weighted by atomic mass is 9.83. The van der Waals surface area contributed by atoms with Crippen molar-refractivity contribution in [2.24, 2.45) is 0 Å². The van der Waals surface area contributed by atoms with E-state index in [1.807, 2.05) is 0 Å². The SMILES string of the molecule is O=C1c2ccccc2C(=O)c2c(NCC=CO)cccc21. The summed E-state index contributed by atoms with van der Waals surface area (Å²) in [5, 5.41) is 11.7. The fraction of sp³-hybridized carbons (Fsp3) is 0.0588. The second-order valence-corrected chi connectivity index (χ2v) is 4.70. The summed E-state index contributed by atoms with van der Waals surface area (Å²) in [4.78, 5) is 25.1. The van der Waals surface area contributed by atoms with E-state index in [4.69, 9.17) is 5.11 Å². The van der Waals surface area contributed by atoms with Gasteiger partial charge in [-0.25, -0.2) is 0 Å². The fourth-order valence-corrected chi connectivity index (χ4v) is 2.51. The van der Waals surface area contributed by atoms with Crippen molar-refractivity contribution in [3.63, 3.8) is 0 Å². The van der Waals surface area contributed by atoms with Gasteiger partial charge in [0.2, 0.25) is 0 Å². The number of hydrogen-bond donors (Lipinski definition) is 2. The van der Waals surface area contributed by atoms with E-state index in [-0.39, 0.29) is 11.6 Å². The third-order valence-electron chi connectivity index (χ3n) is 3.47. The number of benzene rings is 2. The Morgan fingerprint density at radius 1 is 0.905 bits per heavy atom. The van der Waals surface area contributed by atoms with Crippen LogP contribution in [0.4, 0.5) is 5.69 Å². The van der Waals surface area contributed by atoms with E-state index in [2.05, 4.69) is 5.32 Å². The highest BCUT2D eigenvalue weighted by molar-refractivity contribution is 6.30. The number of hydrogen-bond acceptors (Lipinski definition) is 4. The van der Waals surface area contributed by atoms with Gasteiger partial charge in [-0.05, 0) is 12.1 Å². The predicted octanol–water partition coefficient (Wildman–Crippen LogP) is 2.95. The molecule has 4 nitrogen and oxygen atoms in total. The molecule has 0 saturated carbocycles. The quantitative estimate of drug-likeness (QED) is 0.723. The lowest BCUT2D eigenvalue weighted by molar-refractivity contribution is 0.0979. The van der Waals surface area contributed by atoms with Gasteiger partial charge in [-0.15, -0.1) is 0 Å². The Morgan fingerprint density at radius 2 is 1.57 bits per heavy atom. The second-order valence-electron chi connectivity index (χ2n) is 4.70. The van der Waals surface area contributed by atoms with E-state index < -0.39 is 0 Å². The maximum absolute atomic E-state index is 12.6. The van der Waals surface area contributed by atoms with Crippen LogP contribution in [0.5, 0.6) is 0 Å². The third kappa shape index (κ3) is 2.10. The molecule has 3 rings (SSSR count). The van der Waals surface area contributed by atoms with Gasteiger partial charge >= 0.3 is 0 Å². The largest absolute Gasteiger partial charge is 0.516 e. The monoisotopic (exact) mass is 279 g/mol. The van der Waals surface area contributed by atoms with Gasteiger partial charge in [-0.1, -0.05) is 36.4 Å². The maximum atomic E-state index is 12.6. The summed E-state index contributed by atoms with van der Waals surface area (Å²) in [6, 6.07) is 12.0. The van der Waals surface area contributed by atoms with Crippen molar-refractivity contribution in [1.82, 2.24) is 0 Å². The van der Waals surface area contributed by atoms with E-state index >= 15 is 0 Å². The Labute approximate surface area is 121 Å². The van der Waals surface area contributed by atoms with Gasteiger partial charge in [0, 0.05) is 28.9 Å². The number of carbonyl (C=O) groups excluding carboxylic acids is 2. The standard InChI is InChI=1S/C17H13NO3/c19-10-4-9-18-14-8-3-7-13-15(14)17(21)12-6-2-1-5-11(12)16(13)20/h1-8,10,18-19H,9H2. The van der Waals surface area contributed by atoms with Crippen LogP contribution in [0.25, 0.3) is 0 Å². The molecule has 2 aromatic carbocycles. The molecule has 0 amide bonds. The number of nitrogens with one attached hydrogen (secondary N) is 1. The van der Waals surface area contributed by atoms with Gasteiger partial charge in [0.1, 0.15) is 0 Å². The van der Waals surface area contributed by atoms with Crippen LogP contribution in [-0.2, 0) is 0 Å². The lowest BCUT2D eigenvalue weighted by Crippen LogP contribution is -2.22. The fourth-order valence-electron chi connectivity index (χ4n) is 2.51. The number of anilines is 1. The van der Waals surface area contributed by atoms with Gasteiger partial charge in [0.25, 0.3) is 0 Å². The van der Waals surface area contributed by atoms with Crippen molar-refractivity contribution in [3.05, 3.63) is 77.1 Å². The minimum Gasteiger partial charge on any atom is -0.516 e. The molecule has 21 heavy (non-hydrogen) atoms. The van der Waals surface area contributed by atoms with Crippen LogP contribution in [-0.4, -0.2) is 23.2 Å². The summed E-state index contributed by atoms with van der Waals surface area (Å²) >= 11 is 0. The number of rotatable bonds is 3. The number of aliphatic hydroxyl groups excluding tert-OH is 1. The molecule has 0 spiro atoms. The molecule has 0 bridgehead atoms. The molecule has 0 radical (unpaired) electrons. The Hall–Kier alpha value is -2.88. The van der Waals surface area contributed by atoms with Gasteiger partial charge in [-0.3, -0.25) is 9.59 Å². The molecule has 1 aliphatic rings. The van der Waals surface area contributed by atoms with E-state index in [0.717, 1.165) is 6.26 Å². The van der Waals surface area contributed by atoms with Crippen LogP contribution in [0.15, 0.2) is 54.8 Å². The lowest BCUT2D eigenvalue weighted by Gasteiger charge is -2.20. The Morgan fingerprint density at radius 3 is 2.29 bits per heavy atom. The Bertz CT molecular complexity index is 762. The van der Waals surface area contributed by atoms with Crippen LogP contribution in [0, 0.1) is 0 Å². The molecule has 0 aliphatic heterocycles. The topological polar surface area (TPSA) is 66.4 Å². The van der Waals surface area contributed by atoms with Gasteiger partial charge in [0.15, 0.2) is 11.6 Å². The zero-order chi connectivity index (χ0) is 14.8. The van der Waals surface area contributed by atoms with Crippen LogP contribution >= 0.6 is 0 Å². The van der Waals surface area contributed by atoms with Crippen molar-refractivity contribution >= 4 is 17.3 Å². The number of aliphatic hydroxyl groups is 1. The summed E-state index contributed by atoms with van der Waals surface area (Å²) in [6.07, 6.45) is 2.45. The first kappa shape index (κ1) is 13.1. The first-order chi connectivity index (χ1) is 10.2. The molecule has 0 unspecified atom stereocenters. The van der Waals surface area contributed by atoms with Gasteiger partial charge in [-0.2, -0.15) is 0 Å². The van der Waals surface area contributed by atoms with E-state index in [1.54, 1.807) is 42.5 Å². The molecular weight excluding hydrogens is 266 g/mol. The van der Waals surface area contributed by atoms with Crippen molar-refractivity contribution in [1.29, 1.82) is 0 Å². The minimum atomic E-state index is -0.156. The highest BCUT2D eigenvalue weighted by Crippen LogP contribution is 2.31. The first-order valence-electron chi connectivity index (χ1n) is 6.58. The van der Waals surface area contributed by atoms with Crippen molar-refractivity contribution in [3.8, 4) is 0 Å². The van der Waals surface area contributed by atoms with Crippen molar-refractivity contribution in [2.75, 3.05) is 11.9 Å². The summed E-state index contributed by atoms with van der Waals surface area (Å²) in [5.41, 5.74) is 2.28. The normalized spacial score (nSPS) is 13.1. The molecule has 2 N–H and O–H groups in total. The molecule has 104 valence electrons. The van der Waals surface area contributed by atoms with Crippen LogP contribution in [0.2, 0.25) is 0 Å². The molecule has 0 saturated heterocycles. The maximum Gasteiger partial charge on any atom is 0.196 e. The van der Waals surface area contributed by atoms with Crippen molar-refractivity contribution < 1.29 is 14.7 Å². The van der Waals surface area contributed by atoms with E-state index in [9.17, 15) is 9.59 Å². The number of fused-ring (bicyclic) bond motifs is 2. The molecule has 4 heteroatoms. The van der Waals surface area contributed by atoms with Gasteiger partial charge < -0.3 is 10.4 Å². The summed E-state index contributed by atoms with van der Waals surface area (Å²) in [6.45, 7) is 0.371. The zero-order valence-corrected chi connectivity index (χ0v) is 11.2. The van der Waals surface area contributed by atoms with Gasteiger partial charge in [0.05, 0.1) is 11.8 Å². The average Bonchev–Trinajstić information content (AvgIpc) is 2.53. The van der Waals surface area contributed by atoms with Crippen LogP contribution in [0.1, 0.15) is 31.8 Å². The zero-order valence-electron chi connectivity index (χ0n) is 11.2. The van der Waals surface area contributed by atoms with E-state index in [1.165, 1.54) is 6.08 Å². The predicted molar refractivity (Wildman–Crippen MR) is 80.0 cm³/mol. The van der Waals surface area contributed by atoms with Crippen LogP contribution in [0.3, 0.4) is 0 Å². The molecule has 2 aromatic rings. The summed E-state index contributed by atoms with van der Waals surface area (Å²) in [5.74, 6) is -0.294. The summed E-state index contributed by atoms with van der Waals surface area (Å²) in [7, 11) is 0. The number of ketones is 2. The third-order valence-corrected chi connectivity index (χ3v) is 3.47. The molecule has 0 heterocycles. The highest BCUT2D eigenvalue weighted by atomic mass is 16.2. The molecule has 0 aromatic heterocycles. The number of carbonyl (C=O) groups is 2.